The van der Waals surface area contributed by atoms with E-state index in [1.165, 1.54) is 0 Å². The van der Waals surface area contributed by atoms with E-state index in [4.69, 9.17) is 4.98 Å². The van der Waals surface area contributed by atoms with Gasteiger partial charge in [0, 0.05) is 35.0 Å². The van der Waals surface area contributed by atoms with E-state index >= 15 is 0 Å². The van der Waals surface area contributed by atoms with Gasteiger partial charge in [0.25, 0.3) is 5.91 Å². The molecular weight excluding hydrogens is 400 g/mol. The predicted octanol–water partition coefficient (Wildman–Crippen LogP) is 5.48. The molecule has 6 nitrogen and oxygen atoms in total. The lowest BCUT2D eigenvalue weighted by Gasteiger charge is -2.18. The Bertz CT molecular complexity index is 1300. The second kappa shape index (κ2) is 8.30. The zero-order valence-corrected chi connectivity index (χ0v) is 18.6. The molecule has 1 aromatic heterocycles. The summed E-state index contributed by atoms with van der Waals surface area (Å²) in [7, 11) is 1.99. The van der Waals surface area contributed by atoms with Crippen LogP contribution in [0.3, 0.4) is 0 Å². The number of aryl methyl sites for hydroxylation is 1. The highest BCUT2D eigenvalue weighted by Crippen LogP contribution is 2.25. The van der Waals surface area contributed by atoms with E-state index in [0.717, 1.165) is 22.4 Å². The summed E-state index contributed by atoms with van der Waals surface area (Å²) in [5.41, 5.74) is 4.21. The molecule has 1 heterocycles. The van der Waals surface area contributed by atoms with E-state index in [2.05, 4.69) is 15.2 Å². The topological polar surface area (TPSA) is 76.0 Å². The van der Waals surface area contributed by atoms with E-state index in [1.54, 1.807) is 24.3 Å². The van der Waals surface area contributed by atoms with Crippen LogP contribution in [0.2, 0.25) is 0 Å². The first kappa shape index (κ1) is 21.3. The fourth-order valence-corrected chi connectivity index (χ4v) is 3.37. The molecule has 0 aliphatic rings. The highest BCUT2D eigenvalue weighted by Gasteiger charge is 2.21. The molecule has 0 unspecified atom stereocenters. The van der Waals surface area contributed by atoms with Gasteiger partial charge in [0.2, 0.25) is 5.91 Å². The van der Waals surface area contributed by atoms with Gasteiger partial charge in [0.1, 0.15) is 5.82 Å². The van der Waals surface area contributed by atoms with Crippen LogP contribution >= 0.6 is 0 Å². The Morgan fingerprint density at radius 1 is 0.844 bits per heavy atom. The monoisotopic (exact) mass is 426 g/mol. The quantitative estimate of drug-likeness (QED) is 0.454. The number of fused-ring (bicyclic) bond motifs is 1. The number of rotatable bonds is 4. The van der Waals surface area contributed by atoms with E-state index < -0.39 is 5.41 Å². The second-order valence-corrected chi connectivity index (χ2v) is 8.80. The van der Waals surface area contributed by atoms with Gasteiger partial charge in [-0.1, -0.05) is 39.0 Å². The molecule has 6 heteroatoms. The number of carbonyl (C=O) groups excluding carboxylic acids is 2. The largest absolute Gasteiger partial charge is 0.327 e. The number of aromatic nitrogens is 2. The maximum absolute atomic E-state index is 12.7. The third-order valence-electron chi connectivity index (χ3n) is 5.25. The third kappa shape index (κ3) is 4.39. The molecule has 162 valence electrons. The Labute approximate surface area is 187 Å². The third-order valence-corrected chi connectivity index (χ3v) is 5.25. The van der Waals surface area contributed by atoms with Crippen LogP contribution in [0.1, 0.15) is 31.1 Å². The molecule has 4 aromatic rings. The van der Waals surface area contributed by atoms with Gasteiger partial charge in [-0.2, -0.15) is 0 Å². The van der Waals surface area contributed by atoms with Gasteiger partial charge in [0.05, 0.1) is 11.0 Å². The van der Waals surface area contributed by atoms with Gasteiger partial charge >= 0.3 is 0 Å². The minimum absolute atomic E-state index is 0.104. The Balaban J connectivity index is 1.49. The maximum atomic E-state index is 12.7. The van der Waals surface area contributed by atoms with Crippen molar-refractivity contribution in [3.8, 4) is 11.4 Å². The lowest BCUT2D eigenvalue weighted by atomic mass is 9.95. The lowest BCUT2D eigenvalue weighted by molar-refractivity contribution is -0.123. The molecule has 0 aliphatic carbocycles. The van der Waals surface area contributed by atoms with Crippen molar-refractivity contribution >= 4 is 34.2 Å². The SMILES string of the molecule is Cn1c(-c2ccc(NC(=O)c3cccc(NC(=O)C(C)(C)C)c3)cc2)nc2ccccc21. The smallest absolute Gasteiger partial charge is 0.255 e. The number of anilines is 2. The molecule has 0 saturated carbocycles. The van der Waals surface area contributed by atoms with Gasteiger partial charge in [-0.25, -0.2) is 4.98 Å². The number of para-hydroxylation sites is 2. The summed E-state index contributed by atoms with van der Waals surface area (Å²) in [5, 5.41) is 5.76. The predicted molar refractivity (Wildman–Crippen MR) is 129 cm³/mol. The number of imidazole rings is 1. The Morgan fingerprint density at radius 3 is 2.25 bits per heavy atom. The molecule has 32 heavy (non-hydrogen) atoms. The van der Waals surface area contributed by atoms with Crippen LogP contribution in [0.4, 0.5) is 11.4 Å². The molecule has 4 rings (SSSR count). The Morgan fingerprint density at radius 2 is 1.56 bits per heavy atom. The van der Waals surface area contributed by atoms with E-state index in [0.29, 0.717) is 16.9 Å². The van der Waals surface area contributed by atoms with Gasteiger partial charge in [-0.15, -0.1) is 0 Å². The summed E-state index contributed by atoms with van der Waals surface area (Å²) in [6.45, 7) is 5.53. The number of amides is 2. The van der Waals surface area contributed by atoms with Gasteiger partial charge < -0.3 is 15.2 Å². The number of carbonyl (C=O) groups is 2. The maximum Gasteiger partial charge on any atom is 0.255 e. The summed E-state index contributed by atoms with van der Waals surface area (Å²) in [4.78, 5) is 29.7. The average molecular weight is 427 g/mol. The number of nitrogens with zero attached hydrogens (tertiary/aromatic N) is 2. The van der Waals surface area contributed by atoms with Crippen LogP contribution in [0, 0.1) is 5.41 Å². The summed E-state index contributed by atoms with van der Waals surface area (Å²) in [6, 6.07) is 22.5. The summed E-state index contributed by atoms with van der Waals surface area (Å²) in [6.07, 6.45) is 0. The van der Waals surface area contributed by atoms with Crippen LogP contribution in [-0.2, 0) is 11.8 Å². The molecule has 0 bridgehead atoms. The Hall–Kier alpha value is -3.93. The molecular formula is C26H26N4O2. The van der Waals surface area contributed by atoms with Crippen molar-refractivity contribution in [3.63, 3.8) is 0 Å². The highest BCUT2D eigenvalue weighted by molar-refractivity contribution is 6.05. The van der Waals surface area contributed by atoms with Gasteiger partial charge in [-0.05, 0) is 54.6 Å². The first-order valence-electron chi connectivity index (χ1n) is 10.5. The first-order chi connectivity index (χ1) is 15.2. The number of benzene rings is 3. The second-order valence-electron chi connectivity index (χ2n) is 8.80. The number of nitrogens with one attached hydrogen (secondary N) is 2. The first-order valence-corrected chi connectivity index (χ1v) is 10.5. The minimum Gasteiger partial charge on any atom is -0.327 e. The van der Waals surface area contributed by atoms with Crippen molar-refractivity contribution in [2.24, 2.45) is 12.5 Å². The molecule has 0 atom stereocenters. The average Bonchev–Trinajstić information content (AvgIpc) is 3.10. The van der Waals surface area contributed by atoms with Crippen molar-refractivity contribution in [1.29, 1.82) is 0 Å². The molecule has 0 aliphatic heterocycles. The van der Waals surface area contributed by atoms with Crippen LogP contribution in [0.25, 0.3) is 22.4 Å². The minimum atomic E-state index is -0.515. The van der Waals surface area contributed by atoms with Crippen LogP contribution in [-0.4, -0.2) is 21.4 Å². The van der Waals surface area contributed by atoms with Crippen molar-refractivity contribution in [2.75, 3.05) is 10.6 Å². The van der Waals surface area contributed by atoms with Crippen molar-refractivity contribution in [2.45, 2.75) is 20.8 Å². The number of hydrogen-bond donors (Lipinski definition) is 2. The molecule has 0 spiro atoms. The summed E-state index contributed by atoms with van der Waals surface area (Å²) < 4.78 is 2.06. The van der Waals surface area contributed by atoms with Crippen molar-refractivity contribution in [1.82, 2.24) is 9.55 Å². The molecule has 0 saturated heterocycles. The van der Waals surface area contributed by atoms with Crippen molar-refractivity contribution < 1.29 is 9.59 Å². The Kier molecular flexibility index (Phi) is 5.53. The van der Waals surface area contributed by atoms with Gasteiger partial charge in [0.15, 0.2) is 0 Å². The molecule has 2 N–H and O–H groups in total. The summed E-state index contributed by atoms with van der Waals surface area (Å²) in [5.74, 6) is 0.520. The zero-order valence-electron chi connectivity index (χ0n) is 18.6. The fourth-order valence-electron chi connectivity index (χ4n) is 3.37. The zero-order chi connectivity index (χ0) is 22.9. The molecule has 0 fully saturated rings. The summed E-state index contributed by atoms with van der Waals surface area (Å²) >= 11 is 0. The molecule has 0 radical (unpaired) electrons. The molecule has 3 aromatic carbocycles. The van der Waals surface area contributed by atoms with Crippen LogP contribution < -0.4 is 10.6 Å². The van der Waals surface area contributed by atoms with Crippen LogP contribution in [0.15, 0.2) is 72.8 Å². The fraction of sp³-hybridized carbons (Fsp3) is 0.192. The van der Waals surface area contributed by atoms with E-state index in [1.807, 2.05) is 76.3 Å². The van der Waals surface area contributed by atoms with Crippen molar-refractivity contribution in [3.05, 3.63) is 78.4 Å². The number of hydrogen-bond acceptors (Lipinski definition) is 3. The molecule has 2 amide bonds. The standard InChI is InChI=1S/C26H26N4O2/c1-26(2,3)25(32)28-20-9-7-8-18(16-20)24(31)27-19-14-12-17(13-15-19)23-29-21-10-5-6-11-22(21)30(23)4/h5-16H,1-4H3,(H,27,31)(H,28,32). The lowest BCUT2D eigenvalue weighted by Crippen LogP contribution is -2.27. The van der Waals surface area contributed by atoms with E-state index in [-0.39, 0.29) is 11.8 Å². The van der Waals surface area contributed by atoms with Crippen LogP contribution in [0.5, 0.6) is 0 Å². The van der Waals surface area contributed by atoms with Gasteiger partial charge in [-0.3, -0.25) is 9.59 Å². The highest BCUT2D eigenvalue weighted by atomic mass is 16.2. The van der Waals surface area contributed by atoms with E-state index in [9.17, 15) is 9.59 Å². The normalized spacial score (nSPS) is 11.4.